The Balaban J connectivity index is 0.000000304. The molecule has 11 rings (SSSR count). The van der Waals surface area contributed by atoms with Crippen LogP contribution in [0.3, 0.4) is 0 Å². The van der Waals surface area contributed by atoms with Crippen LogP contribution in [0.5, 0.6) is 0 Å². The van der Waals surface area contributed by atoms with Gasteiger partial charge in [0.2, 0.25) is 5.71 Å². The zero-order valence-electron chi connectivity index (χ0n) is 42.4. The molecule has 1 aliphatic rings. The van der Waals surface area contributed by atoms with E-state index in [1.807, 2.05) is 60.9 Å². The van der Waals surface area contributed by atoms with Gasteiger partial charge < -0.3 is 8.98 Å². The van der Waals surface area contributed by atoms with Crippen molar-refractivity contribution in [3.8, 4) is 50.8 Å². The molecule has 6 nitrogen and oxygen atoms in total. The summed E-state index contributed by atoms with van der Waals surface area (Å²) in [5.41, 5.74) is 13.9. The largest absolute Gasteiger partial charge is 0.486 e. The molecular formula is C59H55IrN5OSi-2. The minimum atomic E-state index is -2.38. The van der Waals surface area contributed by atoms with Gasteiger partial charge in [-0.2, -0.15) is 0 Å². The Morgan fingerprint density at radius 3 is 2.07 bits per heavy atom. The van der Waals surface area contributed by atoms with Gasteiger partial charge in [0, 0.05) is 58.7 Å². The van der Waals surface area contributed by atoms with E-state index in [9.17, 15) is 0 Å². The van der Waals surface area contributed by atoms with Crippen LogP contribution in [0.1, 0.15) is 85.3 Å². The zero-order chi connectivity index (χ0) is 48.6. The molecule has 0 unspecified atom stereocenters. The van der Waals surface area contributed by atoms with Crippen molar-refractivity contribution in [2.75, 3.05) is 0 Å². The van der Waals surface area contributed by atoms with Gasteiger partial charge in [-0.15, -0.1) is 54.1 Å². The number of hydrogen-bond acceptors (Lipinski definition) is 5. The molecule has 10 aromatic rings. The molecule has 1 aliphatic carbocycles. The Morgan fingerprint density at radius 2 is 1.40 bits per heavy atom. The molecule has 4 aromatic heterocycles. The molecule has 0 saturated carbocycles. The van der Waals surface area contributed by atoms with Gasteiger partial charge in [0.15, 0.2) is 0 Å². The quantitative estimate of drug-likeness (QED) is 0.117. The number of nitrogens with zero attached hydrogens (tertiary/aromatic N) is 5. The first-order valence-electron chi connectivity index (χ1n) is 24.4. The average molecular weight is 1070 g/mol. The number of hydrogen-bond donors (Lipinski definition) is 0. The maximum Gasteiger partial charge on any atom is 0.216 e. The molecule has 1 radical (unpaired) electrons. The van der Waals surface area contributed by atoms with Crippen molar-refractivity contribution >= 4 is 46.4 Å². The summed E-state index contributed by atoms with van der Waals surface area (Å²) in [6.45, 7) is 17.8. The number of aryl methyl sites for hydroxylation is 1. The summed E-state index contributed by atoms with van der Waals surface area (Å²) in [7, 11) is -1.29. The van der Waals surface area contributed by atoms with Gasteiger partial charge in [0.25, 0.3) is 0 Å². The SMILES string of the molecule is C[Si](C)(C)c1cnc(-c2[c-]cccc2)nc1.[2H]C([2H])([2H])c1cccc2nc(-c3[c-]ccc4c3oc3nc5c(cc34)C(C)(C)c3ccccc3-5)n(-c3c(C(C)C)cc(-c4ccccc4)cc3C(C)C)c12.[Ir]. The summed E-state index contributed by atoms with van der Waals surface area (Å²) < 4.78 is 34.8. The molecule has 6 aromatic carbocycles. The Labute approximate surface area is 413 Å². The van der Waals surface area contributed by atoms with Crippen LogP contribution >= 0.6 is 0 Å². The van der Waals surface area contributed by atoms with E-state index in [1.54, 1.807) is 12.1 Å². The minimum Gasteiger partial charge on any atom is -0.486 e. The van der Waals surface area contributed by atoms with Crippen LogP contribution in [0, 0.1) is 19.0 Å². The molecule has 8 heteroatoms. The van der Waals surface area contributed by atoms with Crippen LogP contribution in [-0.4, -0.2) is 32.6 Å². The fourth-order valence-electron chi connectivity index (χ4n) is 9.41. The molecule has 0 spiro atoms. The van der Waals surface area contributed by atoms with Gasteiger partial charge in [-0.05, 0) is 87.1 Å². The third-order valence-electron chi connectivity index (χ3n) is 13.1. The second kappa shape index (κ2) is 17.7. The van der Waals surface area contributed by atoms with Crippen molar-refractivity contribution in [1.29, 1.82) is 0 Å². The summed E-state index contributed by atoms with van der Waals surface area (Å²) in [5.74, 6) is 1.55. The molecule has 0 aliphatic heterocycles. The number of furan rings is 1. The summed E-state index contributed by atoms with van der Waals surface area (Å²) in [4.78, 5) is 19.2. The van der Waals surface area contributed by atoms with Gasteiger partial charge in [-0.1, -0.05) is 139 Å². The van der Waals surface area contributed by atoms with E-state index in [0.717, 1.165) is 61.4 Å². The number of benzene rings is 6. The normalized spacial score (nSPS) is 13.7. The smallest absolute Gasteiger partial charge is 0.216 e. The van der Waals surface area contributed by atoms with Crippen molar-refractivity contribution < 1.29 is 28.6 Å². The van der Waals surface area contributed by atoms with Crippen LogP contribution in [0.15, 0.2) is 144 Å². The summed E-state index contributed by atoms with van der Waals surface area (Å²) in [6, 6.07) is 49.4. The third kappa shape index (κ3) is 8.09. The molecule has 4 heterocycles. The second-order valence-electron chi connectivity index (χ2n) is 19.5. The second-order valence-corrected chi connectivity index (χ2v) is 24.6. The number of rotatable bonds is 7. The number of para-hydroxylation sites is 1. The van der Waals surface area contributed by atoms with Crippen molar-refractivity contribution in [3.63, 3.8) is 0 Å². The van der Waals surface area contributed by atoms with Crippen LogP contribution in [-0.2, 0) is 25.5 Å². The van der Waals surface area contributed by atoms with Crippen LogP contribution in [0.25, 0.3) is 83.9 Å². The Hall–Kier alpha value is -6.31. The van der Waals surface area contributed by atoms with Crippen LogP contribution < -0.4 is 5.19 Å². The summed E-state index contributed by atoms with van der Waals surface area (Å²) in [5, 5.41) is 3.13. The molecule has 0 saturated heterocycles. The molecule has 0 amide bonds. The van der Waals surface area contributed by atoms with E-state index >= 15 is 0 Å². The minimum absolute atomic E-state index is 0. The molecule has 67 heavy (non-hydrogen) atoms. The van der Waals surface area contributed by atoms with Crippen molar-refractivity contribution in [3.05, 3.63) is 180 Å². The average Bonchev–Trinajstić information content (AvgIpc) is 3.98. The van der Waals surface area contributed by atoms with Crippen molar-refractivity contribution in [1.82, 2.24) is 24.5 Å². The molecule has 0 bridgehead atoms. The number of fused-ring (bicyclic) bond motifs is 7. The first-order valence-corrected chi connectivity index (χ1v) is 26.4. The van der Waals surface area contributed by atoms with E-state index in [4.69, 9.17) is 18.5 Å². The topological polar surface area (TPSA) is 69.6 Å². The van der Waals surface area contributed by atoms with Crippen molar-refractivity contribution in [2.24, 2.45) is 0 Å². The molecule has 0 fully saturated rings. The Kier molecular flexibility index (Phi) is 11.1. The molecule has 337 valence electrons. The van der Waals surface area contributed by atoms with E-state index in [-0.39, 0.29) is 42.9 Å². The van der Waals surface area contributed by atoms with Gasteiger partial charge in [0.1, 0.15) is 0 Å². The predicted molar refractivity (Wildman–Crippen MR) is 276 cm³/mol. The Bertz CT molecular complexity index is 3530. The van der Waals surface area contributed by atoms with Gasteiger partial charge in [-0.25, -0.2) is 4.98 Å². The van der Waals surface area contributed by atoms with Crippen molar-refractivity contribution in [2.45, 2.75) is 85.3 Å². The van der Waals surface area contributed by atoms with E-state index in [0.29, 0.717) is 33.7 Å². The first kappa shape index (κ1) is 42.1. The van der Waals surface area contributed by atoms with E-state index in [2.05, 4.69) is 155 Å². The Morgan fingerprint density at radius 1 is 0.701 bits per heavy atom. The van der Waals surface area contributed by atoms with Gasteiger partial charge in [-0.3, -0.25) is 15.0 Å². The fourth-order valence-corrected chi connectivity index (χ4v) is 10.3. The summed E-state index contributed by atoms with van der Waals surface area (Å²) >= 11 is 0. The van der Waals surface area contributed by atoms with E-state index in [1.165, 1.54) is 16.3 Å². The number of imidazole rings is 1. The number of pyridine rings is 1. The standard InChI is InChI=1S/C46H40N3O.C13H15N2Si.Ir/c1-26(2)34-23-30(29-16-9-8-10-17-29)24-35(27(3)4)42(34)49-41-28(5)15-13-22-39(41)47-44(49)33-20-14-19-31-36-25-38-40(48-45(36)50-43(31)33)32-18-11-12-21-37(32)46(38,6)7;1-16(2,3)12-9-14-13(15-10-12)11-7-5-4-6-8-11;/h8-19,21-27H,1-7H3;4-7,9-10H,1-3H3;/q2*-1;/i5D3;;. The third-order valence-corrected chi connectivity index (χ3v) is 15.1. The maximum atomic E-state index is 8.66. The molecule has 0 atom stereocenters. The molecular weight excluding hydrogens is 1010 g/mol. The molecule has 0 N–H and O–H groups in total. The summed E-state index contributed by atoms with van der Waals surface area (Å²) in [6.07, 6.45) is 3.91. The van der Waals surface area contributed by atoms with Crippen LogP contribution in [0.4, 0.5) is 0 Å². The fraction of sp³-hybridized carbons (Fsp3) is 0.220. The van der Waals surface area contributed by atoms with Gasteiger partial charge >= 0.3 is 0 Å². The van der Waals surface area contributed by atoms with E-state index < -0.39 is 14.9 Å². The monoisotopic (exact) mass is 1070 g/mol. The maximum absolute atomic E-state index is 8.66. The zero-order valence-corrected chi connectivity index (χ0v) is 42.8. The predicted octanol–water partition coefficient (Wildman–Crippen LogP) is 14.8. The number of aromatic nitrogens is 5. The van der Waals surface area contributed by atoms with Crippen LogP contribution in [0.2, 0.25) is 19.6 Å². The first-order chi connectivity index (χ1) is 32.9. The van der Waals surface area contributed by atoms with Gasteiger partial charge in [0.05, 0.1) is 42.0 Å².